The number of halogens is 1. The van der Waals surface area contributed by atoms with Crippen LogP contribution in [0, 0.1) is 17.1 Å². The molecule has 0 aliphatic rings. The van der Waals surface area contributed by atoms with Gasteiger partial charge in [0.2, 0.25) is 0 Å². The Kier molecular flexibility index (Phi) is 7.25. The zero-order valence-electron chi connectivity index (χ0n) is 20.2. The van der Waals surface area contributed by atoms with Gasteiger partial charge in [-0.2, -0.15) is 10.4 Å². The summed E-state index contributed by atoms with van der Waals surface area (Å²) in [7, 11) is 1.84. The van der Waals surface area contributed by atoms with Gasteiger partial charge in [-0.05, 0) is 58.4 Å². The van der Waals surface area contributed by atoms with Crippen molar-refractivity contribution in [3.05, 3.63) is 41.8 Å². The lowest BCUT2D eigenvalue weighted by molar-refractivity contribution is 0.0498. The van der Waals surface area contributed by atoms with Crippen molar-refractivity contribution in [3.8, 4) is 6.07 Å². The van der Waals surface area contributed by atoms with Gasteiger partial charge in [-0.15, -0.1) is 0 Å². The van der Waals surface area contributed by atoms with Gasteiger partial charge in [-0.1, -0.05) is 6.92 Å². The van der Waals surface area contributed by atoms with Crippen molar-refractivity contribution < 1.29 is 13.9 Å². The van der Waals surface area contributed by atoms with Gasteiger partial charge in [-0.3, -0.25) is 4.68 Å². The Morgan fingerprint density at radius 2 is 2.03 bits per heavy atom. The number of benzene rings is 1. The molecule has 2 aromatic heterocycles. The zero-order valence-corrected chi connectivity index (χ0v) is 20.2. The molecule has 1 amide bonds. The summed E-state index contributed by atoms with van der Waals surface area (Å²) < 4.78 is 21.8. The maximum absolute atomic E-state index is 14.8. The standard InChI is InChI=1S/C24H30FN7O2/c1-7-19(30-23(33)34-24(3,4)5)14(2)28-22-18(25)10-16(12-26)21(31-22)29-17-9-8-15-13-27-32(6)20(15)11-17/h8-11,13-14,19H,7H2,1-6H3,(H,30,33)(H2,28,29,31)/t14-,19+/m1/s1. The number of aromatic nitrogens is 3. The Morgan fingerprint density at radius 3 is 2.68 bits per heavy atom. The number of anilines is 3. The summed E-state index contributed by atoms with van der Waals surface area (Å²) in [5.74, 6) is -0.475. The summed E-state index contributed by atoms with van der Waals surface area (Å²) in [6.07, 6.45) is 1.80. The summed E-state index contributed by atoms with van der Waals surface area (Å²) in [4.78, 5) is 16.5. The van der Waals surface area contributed by atoms with E-state index in [0.717, 1.165) is 17.0 Å². The van der Waals surface area contributed by atoms with E-state index in [0.29, 0.717) is 12.1 Å². The molecule has 0 saturated carbocycles. The molecule has 0 aliphatic heterocycles. The average Bonchev–Trinajstić information content (AvgIpc) is 3.13. The second-order valence-corrected chi connectivity index (χ2v) is 9.09. The number of amides is 1. The maximum Gasteiger partial charge on any atom is 0.407 e. The van der Waals surface area contributed by atoms with E-state index in [9.17, 15) is 14.4 Å². The lowest BCUT2D eigenvalue weighted by atomic mass is 10.1. The van der Waals surface area contributed by atoms with E-state index >= 15 is 0 Å². The molecule has 3 aromatic rings. The number of hydrogen-bond donors (Lipinski definition) is 3. The second-order valence-electron chi connectivity index (χ2n) is 9.09. The summed E-state index contributed by atoms with van der Waals surface area (Å²) >= 11 is 0. The van der Waals surface area contributed by atoms with Crippen LogP contribution >= 0.6 is 0 Å². The van der Waals surface area contributed by atoms with Crippen molar-refractivity contribution in [2.24, 2.45) is 7.05 Å². The minimum atomic E-state index is -0.664. The Balaban J connectivity index is 1.81. The van der Waals surface area contributed by atoms with Crippen LogP contribution in [0.5, 0.6) is 0 Å². The fraction of sp³-hybridized carbons (Fsp3) is 0.417. The highest BCUT2D eigenvalue weighted by Crippen LogP contribution is 2.26. The molecule has 0 aliphatic carbocycles. The Hall–Kier alpha value is -3.87. The molecule has 0 radical (unpaired) electrons. The SMILES string of the molecule is CC[C@H](NC(=O)OC(C)(C)C)[C@@H](C)Nc1nc(Nc2ccc3cnn(C)c3c2)c(C#N)cc1F. The molecule has 180 valence electrons. The number of hydrogen-bond acceptors (Lipinski definition) is 7. The van der Waals surface area contributed by atoms with Crippen LogP contribution in [0.25, 0.3) is 10.9 Å². The first-order chi connectivity index (χ1) is 16.0. The number of pyridine rings is 1. The van der Waals surface area contributed by atoms with Gasteiger partial charge >= 0.3 is 6.09 Å². The average molecular weight is 468 g/mol. The molecule has 3 N–H and O–H groups in total. The molecule has 0 saturated heterocycles. The van der Waals surface area contributed by atoms with Gasteiger partial charge in [0.15, 0.2) is 17.5 Å². The monoisotopic (exact) mass is 467 g/mol. The summed E-state index contributed by atoms with van der Waals surface area (Å²) in [6.45, 7) is 9.07. The first-order valence-electron chi connectivity index (χ1n) is 11.1. The van der Waals surface area contributed by atoms with E-state index in [2.05, 4.69) is 26.0 Å². The lowest BCUT2D eigenvalue weighted by Crippen LogP contribution is -2.47. The van der Waals surface area contributed by atoms with Crippen LogP contribution in [-0.4, -0.2) is 38.5 Å². The van der Waals surface area contributed by atoms with Crippen molar-refractivity contribution in [2.45, 2.75) is 58.7 Å². The molecule has 10 heteroatoms. The topological polar surface area (TPSA) is 117 Å². The van der Waals surface area contributed by atoms with Crippen LogP contribution in [0.1, 0.15) is 46.6 Å². The first-order valence-corrected chi connectivity index (χ1v) is 11.1. The first kappa shape index (κ1) is 24.8. The van der Waals surface area contributed by atoms with Crippen LogP contribution in [0.2, 0.25) is 0 Å². The molecule has 0 unspecified atom stereocenters. The molecule has 3 rings (SSSR count). The molecule has 0 spiro atoms. The van der Waals surface area contributed by atoms with Crippen molar-refractivity contribution in [2.75, 3.05) is 10.6 Å². The normalized spacial score (nSPS) is 13.1. The fourth-order valence-electron chi connectivity index (χ4n) is 3.48. The van der Waals surface area contributed by atoms with Crippen molar-refractivity contribution in [1.29, 1.82) is 5.26 Å². The third-order valence-corrected chi connectivity index (χ3v) is 5.22. The van der Waals surface area contributed by atoms with Crippen molar-refractivity contribution in [3.63, 3.8) is 0 Å². The third-order valence-electron chi connectivity index (χ3n) is 5.22. The summed E-state index contributed by atoms with van der Waals surface area (Å²) in [5.41, 5.74) is 1.03. The zero-order chi connectivity index (χ0) is 25.0. The smallest absolute Gasteiger partial charge is 0.407 e. The van der Waals surface area contributed by atoms with Crippen molar-refractivity contribution in [1.82, 2.24) is 20.1 Å². The van der Waals surface area contributed by atoms with Crippen LogP contribution in [0.4, 0.5) is 26.5 Å². The fourth-order valence-corrected chi connectivity index (χ4v) is 3.48. The van der Waals surface area contributed by atoms with Crippen molar-refractivity contribution >= 4 is 34.3 Å². The maximum atomic E-state index is 14.8. The summed E-state index contributed by atoms with van der Waals surface area (Å²) in [6, 6.07) is 8.02. The molecular weight excluding hydrogens is 437 g/mol. The number of nitrogens with one attached hydrogen (secondary N) is 3. The molecule has 1 aromatic carbocycles. The quantitative estimate of drug-likeness (QED) is 0.456. The Morgan fingerprint density at radius 1 is 1.29 bits per heavy atom. The van der Waals surface area contributed by atoms with E-state index in [1.807, 2.05) is 45.2 Å². The highest BCUT2D eigenvalue weighted by atomic mass is 19.1. The summed E-state index contributed by atoms with van der Waals surface area (Å²) in [5, 5.41) is 23.6. The molecule has 0 bridgehead atoms. The van der Waals surface area contributed by atoms with E-state index in [4.69, 9.17) is 4.74 Å². The van der Waals surface area contributed by atoms with Gasteiger partial charge in [0, 0.05) is 24.2 Å². The number of alkyl carbamates (subject to hydrolysis) is 1. The highest BCUT2D eigenvalue weighted by Gasteiger charge is 2.24. The molecule has 0 fully saturated rings. The molecule has 2 atom stereocenters. The van der Waals surface area contributed by atoms with Gasteiger partial charge in [0.25, 0.3) is 0 Å². The van der Waals surface area contributed by atoms with E-state index < -0.39 is 17.5 Å². The number of nitriles is 1. The van der Waals surface area contributed by atoms with Crippen LogP contribution < -0.4 is 16.0 Å². The Labute approximate surface area is 198 Å². The number of carbonyl (C=O) groups excluding carboxylic acids is 1. The number of carbonyl (C=O) groups is 1. The number of nitrogens with zero attached hydrogens (tertiary/aromatic N) is 4. The predicted molar refractivity (Wildman–Crippen MR) is 129 cm³/mol. The van der Waals surface area contributed by atoms with Crippen LogP contribution in [-0.2, 0) is 11.8 Å². The number of ether oxygens (including phenoxy) is 1. The van der Waals surface area contributed by atoms with Gasteiger partial charge < -0.3 is 20.7 Å². The number of rotatable bonds is 7. The third kappa shape index (κ3) is 5.92. The minimum Gasteiger partial charge on any atom is -0.444 e. The number of fused-ring (bicyclic) bond motifs is 1. The molecule has 9 nitrogen and oxygen atoms in total. The van der Waals surface area contributed by atoms with E-state index in [1.54, 1.807) is 31.6 Å². The number of aryl methyl sites for hydroxylation is 1. The lowest BCUT2D eigenvalue weighted by Gasteiger charge is -2.27. The van der Waals surface area contributed by atoms with Crippen LogP contribution in [0.3, 0.4) is 0 Å². The van der Waals surface area contributed by atoms with Gasteiger partial charge in [-0.25, -0.2) is 14.2 Å². The molecule has 2 heterocycles. The van der Waals surface area contributed by atoms with E-state index in [-0.39, 0.29) is 29.3 Å². The predicted octanol–water partition coefficient (Wildman–Crippen LogP) is 4.83. The molecule has 34 heavy (non-hydrogen) atoms. The van der Waals surface area contributed by atoms with E-state index in [1.165, 1.54) is 0 Å². The van der Waals surface area contributed by atoms with Gasteiger partial charge in [0.05, 0.1) is 23.3 Å². The Bertz CT molecular complexity index is 1230. The van der Waals surface area contributed by atoms with Gasteiger partial charge in [0.1, 0.15) is 11.7 Å². The molecular formula is C24H30FN7O2. The minimum absolute atomic E-state index is 0.0277. The second kappa shape index (κ2) is 9.95. The largest absolute Gasteiger partial charge is 0.444 e. The highest BCUT2D eigenvalue weighted by molar-refractivity contribution is 5.83. The van der Waals surface area contributed by atoms with Crippen LogP contribution in [0.15, 0.2) is 30.5 Å².